The van der Waals surface area contributed by atoms with Gasteiger partial charge in [-0.05, 0) is 25.0 Å². The van der Waals surface area contributed by atoms with E-state index in [1.54, 1.807) is 0 Å². The van der Waals surface area contributed by atoms with Gasteiger partial charge in [0.05, 0.1) is 24.9 Å². The second-order valence-corrected chi connectivity index (χ2v) is 6.98. The third-order valence-corrected chi connectivity index (χ3v) is 5.57. The predicted molar refractivity (Wildman–Crippen MR) is 99.0 cm³/mol. The fraction of sp³-hybridized carbons (Fsp3) is 0.474. The topological polar surface area (TPSA) is 57.3 Å². The number of hydrogen-bond acceptors (Lipinski definition) is 5. The van der Waals surface area contributed by atoms with Crippen LogP contribution in [0, 0.1) is 0 Å². The number of pyridine rings is 2. The largest absolute Gasteiger partial charge is 0.379 e. The summed E-state index contributed by atoms with van der Waals surface area (Å²) in [5.74, 6) is 0. The van der Waals surface area contributed by atoms with E-state index in [1.807, 2.05) is 18.6 Å². The van der Waals surface area contributed by atoms with Gasteiger partial charge in [-0.1, -0.05) is 0 Å². The minimum Gasteiger partial charge on any atom is -0.379 e. The minimum atomic E-state index is 0.615. The maximum Gasteiger partial charge on any atom is 0.138 e. The summed E-state index contributed by atoms with van der Waals surface area (Å²) in [5.41, 5.74) is 3.19. The van der Waals surface area contributed by atoms with Crippen molar-refractivity contribution in [2.75, 3.05) is 44.3 Å². The van der Waals surface area contributed by atoms with E-state index in [-0.39, 0.29) is 0 Å². The van der Waals surface area contributed by atoms with Gasteiger partial charge in [0, 0.05) is 61.1 Å². The molecule has 5 heterocycles. The molecule has 25 heavy (non-hydrogen) atoms. The van der Waals surface area contributed by atoms with E-state index < -0.39 is 0 Å². The van der Waals surface area contributed by atoms with E-state index in [4.69, 9.17) is 4.74 Å². The molecule has 1 unspecified atom stereocenters. The van der Waals surface area contributed by atoms with Crippen LogP contribution >= 0.6 is 0 Å². The van der Waals surface area contributed by atoms with E-state index in [9.17, 15) is 0 Å². The van der Waals surface area contributed by atoms with Crippen LogP contribution in [0.4, 0.5) is 5.69 Å². The molecule has 1 atom stereocenters. The highest BCUT2D eigenvalue weighted by atomic mass is 16.5. The monoisotopic (exact) mass is 337 g/mol. The molecule has 0 aromatic carbocycles. The molecule has 6 nitrogen and oxygen atoms in total. The van der Waals surface area contributed by atoms with Crippen molar-refractivity contribution in [3.63, 3.8) is 0 Å². The van der Waals surface area contributed by atoms with Crippen molar-refractivity contribution in [2.45, 2.75) is 18.9 Å². The molecule has 0 radical (unpaired) electrons. The molecule has 2 aliphatic rings. The Labute approximate surface area is 146 Å². The third-order valence-electron chi connectivity index (χ3n) is 5.57. The van der Waals surface area contributed by atoms with Crippen LogP contribution in [-0.4, -0.2) is 65.3 Å². The number of piperidine rings is 1. The molecule has 2 saturated heterocycles. The van der Waals surface area contributed by atoms with Crippen molar-refractivity contribution in [3.8, 4) is 0 Å². The Balaban J connectivity index is 1.52. The van der Waals surface area contributed by atoms with Gasteiger partial charge < -0.3 is 14.6 Å². The Hall–Kier alpha value is -2.18. The molecule has 1 N–H and O–H groups in total. The van der Waals surface area contributed by atoms with Crippen LogP contribution in [0.3, 0.4) is 0 Å². The van der Waals surface area contributed by atoms with Crippen molar-refractivity contribution in [3.05, 3.63) is 30.7 Å². The molecule has 0 spiro atoms. The number of aromatic amines is 1. The maximum absolute atomic E-state index is 5.53. The second kappa shape index (κ2) is 6.28. The average molecular weight is 337 g/mol. The van der Waals surface area contributed by atoms with Crippen LogP contribution in [0.1, 0.15) is 12.8 Å². The lowest BCUT2D eigenvalue weighted by atomic mass is 10.0. The van der Waals surface area contributed by atoms with Crippen molar-refractivity contribution >= 4 is 27.6 Å². The zero-order valence-electron chi connectivity index (χ0n) is 14.3. The van der Waals surface area contributed by atoms with E-state index in [2.05, 4.69) is 36.9 Å². The highest BCUT2D eigenvalue weighted by molar-refractivity contribution is 6.09. The van der Waals surface area contributed by atoms with Gasteiger partial charge >= 0.3 is 0 Å². The zero-order chi connectivity index (χ0) is 16.6. The van der Waals surface area contributed by atoms with E-state index in [1.165, 1.54) is 23.9 Å². The van der Waals surface area contributed by atoms with Crippen LogP contribution in [0.15, 0.2) is 30.7 Å². The van der Waals surface area contributed by atoms with Crippen LogP contribution < -0.4 is 4.90 Å². The molecule has 0 bridgehead atoms. The van der Waals surface area contributed by atoms with Crippen molar-refractivity contribution in [1.29, 1.82) is 0 Å². The molecule has 2 aliphatic heterocycles. The summed E-state index contributed by atoms with van der Waals surface area (Å²) in [4.78, 5) is 17.4. The Morgan fingerprint density at radius 1 is 1.12 bits per heavy atom. The number of morpholine rings is 1. The van der Waals surface area contributed by atoms with Gasteiger partial charge in [0.1, 0.15) is 5.65 Å². The standard InChI is InChI=1S/C19H23N5O/c1-2-14(23-8-10-25-11-9-23)13-24(7-1)17-4-6-20-16-12-22-19-15(18(16)17)3-5-21-19/h3-6,12,14H,1-2,7-11,13H2,(H,21,22). The lowest BCUT2D eigenvalue weighted by Gasteiger charge is -2.42. The molecule has 6 heteroatoms. The molecule has 0 aliphatic carbocycles. The Morgan fingerprint density at radius 2 is 2.04 bits per heavy atom. The number of aromatic nitrogens is 3. The van der Waals surface area contributed by atoms with Gasteiger partial charge in [-0.3, -0.25) is 9.88 Å². The summed E-state index contributed by atoms with van der Waals surface area (Å²) in [6.45, 7) is 6.03. The predicted octanol–water partition coefficient (Wildman–Crippen LogP) is 2.41. The van der Waals surface area contributed by atoms with Gasteiger partial charge in [-0.2, -0.15) is 0 Å². The smallest absolute Gasteiger partial charge is 0.138 e. The first-order valence-corrected chi connectivity index (χ1v) is 9.18. The number of hydrogen-bond donors (Lipinski definition) is 1. The normalized spacial score (nSPS) is 22.7. The molecular formula is C19H23N5O. The molecule has 2 fully saturated rings. The van der Waals surface area contributed by atoms with E-state index in [0.717, 1.165) is 55.9 Å². The average Bonchev–Trinajstić information content (AvgIpc) is 3.17. The van der Waals surface area contributed by atoms with E-state index in [0.29, 0.717) is 6.04 Å². The number of anilines is 1. The summed E-state index contributed by atoms with van der Waals surface area (Å²) >= 11 is 0. The molecule has 0 amide bonds. The van der Waals surface area contributed by atoms with Crippen LogP contribution in [-0.2, 0) is 4.74 Å². The van der Waals surface area contributed by atoms with Gasteiger partial charge in [0.15, 0.2) is 0 Å². The molecule has 0 saturated carbocycles. The molecule has 5 rings (SSSR count). The third kappa shape index (κ3) is 2.65. The first-order valence-electron chi connectivity index (χ1n) is 9.18. The lowest BCUT2D eigenvalue weighted by Crippen LogP contribution is -2.51. The lowest BCUT2D eigenvalue weighted by molar-refractivity contribution is 0.0137. The van der Waals surface area contributed by atoms with Crippen LogP contribution in [0.2, 0.25) is 0 Å². The fourth-order valence-corrected chi connectivity index (χ4v) is 4.31. The first-order chi connectivity index (χ1) is 12.4. The highest BCUT2D eigenvalue weighted by Crippen LogP contribution is 2.33. The summed E-state index contributed by atoms with van der Waals surface area (Å²) in [5, 5.41) is 2.38. The fourth-order valence-electron chi connectivity index (χ4n) is 4.31. The summed E-state index contributed by atoms with van der Waals surface area (Å²) < 4.78 is 5.53. The summed E-state index contributed by atoms with van der Waals surface area (Å²) in [6.07, 6.45) is 8.26. The summed E-state index contributed by atoms with van der Waals surface area (Å²) in [6, 6.07) is 4.89. The van der Waals surface area contributed by atoms with Crippen molar-refractivity contribution < 1.29 is 4.74 Å². The maximum atomic E-state index is 5.53. The number of rotatable bonds is 2. The molecule has 3 aromatic rings. The number of nitrogens with one attached hydrogen (secondary N) is 1. The highest BCUT2D eigenvalue weighted by Gasteiger charge is 2.27. The van der Waals surface area contributed by atoms with Gasteiger partial charge in [0.25, 0.3) is 0 Å². The molecule has 130 valence electrons. The SMILES string of the molecule is c1cc(N2CCCC(N3CCOCC3)C2)c2c(cnc3[nH]ccc32)n1. The Morgan fingerprint density at radius 3 is 2.96 bits per heavy atom. The Bertz CT molecular complexity index is 886. The quantitative estimate of drug-likeness (QED) is 0.778. The second-order valence-electron chi connectivity index (χ2n) is 6.98. The Kier molecular flexibility index (Phi) is 3.79. The number of ether oxygens (including phenoxy) is 1. The van der Waals surface area contributed by atoms with Crippen molar-refractivity contribution in [2.24, 2.45) is 0 Å². The number of fused-ring (bicyclic) bond motifs is 3. The molecular weight excluding hydrogens is 314 g/mol. The minimum absolute atomic E-state index is 0.615. The van der Waals surface area contributed by atoms with E-state index >= 15 is 0 Å². The van der Waals surface area contributed by atoms with Crippen molar-refractivity contribution in [1.82, 2.24) is 19.9 Å². The van der Waals surface area contributed by atoms with Crippen LogP contribution in [0.5, 0.6) is 0 Å². The van der Waals surface area contributed by atoms with Gasteiger partial charge in [-0.25, -0.2) is 4.98 Å². The van der Waals surface area contributed by atoms with Crippen LogP contribution in [0.25, 0.3) is 21.9 Å². The zero-order valence-corrected chi connectivity index (χ0v) is 14.3. The first kappa shape index (κ1) is 15.1. The van der Waals surface area contributed by atoms with Gasteiger partial charge in [-0.15, -0.1) is 0 Å². The number of nitrogens with zero attached hydrogens (tertiary/aromatic N) is 4. The summed E-state index contributed by atoms with van der Waals surface area (Å²) in [7, 11) is 0. The number of H-pyrrole nitrogens is 1. The molecule has 3 aromatic heterocycles. The van der Waals surface area contributed by atoms with Gasteiger partial charge in [0.2, 0.25) is 0 Å².